The minimum Gasteiger partial charge on any atom is -0.497 e. The van der Waals surface area contributed by atoms with Crippen molar-refractivity contribution >= 4 is 5.97 Å². The van der Waals surface area contributed by atoms with Crippen molar-refractivity contribution in [2.24, 2.45) is 5.92 Å². The molecule has 0 aliphatic carbocycles. The molecule has 110 valence electrons. The van der Waals surface area contributed by atoms with Gasteiger partial charge in [-0.15, -0.1) is 0 Å². The molecule has 2 heterocycles. The van der Waals surface area contributed by atoms with E-state index in [1.54, 1.807) is 7.11 Å². The van der Waals surface area contributed by atoms with Gasteiger partial charge in [-0.2, -0.15) is 0 Å². The van der Waals surface area contributed by atoms with Crippen molar-refractivity contribution in [3.05, 3.63) is 36.3 Å². The highest BCUT2D eigenvalue weighted by Crippen LogP contribution is 2.27. The van der Waals surface area contributed by atoms with Crippen LogP contribution >= 0.6 is 0 Å². The predicted molar refractivity (Wildman–Crippen MR) is 78.0 cm³/mol. The fourth-order valence-electron chi connectivity index (χ4n) is 2.72. The molecule has 0 bridgehead atoms. The summed E-state index contributed by atoms with van der Waals surface area (Å²) in [4.78, 5) is 16.3. The summed E-state index contributed by atoms with van der Waals surface area (Å²) < 4.78 is 12.1. The first-order valence-corrected chi connectivity index (χ1v) is 6.99. The Morgan fingerprint density at radius 3 is 3.00 bits per heavy atom. The van der Waals surface area contributed by atoms with E-state index in [9.17, 15) is 4.79 Å². The van der Waals surface area contributed by atoms with Gasteiger partial charge < -0.3 is 14.0 Å². The van der Waals surface area contributed by atoms with Crippen LogP contribution in [0.25, 0.3) is 11.3 Å². The molecule has 3 rings (SSSR count). The van der Waals surface area contributed by atoms with E-state index in [0.29, 0.717) is 6.54 Å². The second-order valence-corrected chi connectivity index (χ2v) is 5.19. The average molecular weight is 286 g/mol. The number of fused-ring (bicyclic) bond motifs is 1. The lowest BCUT2D eigenvalue weighted by Gasteiger charge is -2.21. The maximum Gasteiger partial charge on any atom is 0.310 e. The van der Waals surface area contributed by atoms with E-state index < -0.39 is 0 Å². The molecule has 1 aliphatic heterocycles. The van der Waals surface area contributed by atoms with Gasteiger partial charge in [0, 0.05) is 24.7 Å². The lowest BCUT2D eigenvalue weighted by molar-refractivity contribution is -0.146. The summed E-state index contributed by atoms with van der Waals surface area (Å²) in [6, 6.07) is 7.83. The SMILES string of the molecule is COC(=O)C1CCc2nc(-c3cccc(OC)c3)cn2C1. The molecule has 0 saturated heterocycles. The Kier molecular flexibility index (Phi) is 3.64. The highest BCUT2D eigenvalue weighted by atomic mass is 16.5. The number of carbonyl (C=O) groups excluding carboxylic acids is 1. The summed E-state index contributed by atoms with van der Waals surface area (Å²) >= 11 is 0. The van der Waals surface area contributed by atoms with Gasteiger partial charge in [-0.25, -0.2) is 4.98 Å². The van der Waals surface area contributed by atoms with Gasteiger partial charge in [-0.3, -0.25) is 4.79 Å². The lowest BCUT2D eigenvalue weighted by Crippen LogP contribution is -2.27. The Morgan fingerprint density at radius 2 is 2.24 bits per heavy atom. The zero-order chi connectivity index (χ0) is 14.8. The van der Waals surface area contributed by atoms with Crippen LogP contribution in [0.15, 0.2) is 30.5 Å². The van der Waals surface area contributed by atoms with Gasteiger partial charge >= 0.3 is 5.97 Å². The van der Waals surface area contributed by atoms with E-state index in [4.69, 9.17) is 9.47 Å². The Bertz CT molecular complexity index is 663. The molecular weight excluding hydrogens is 268 g/mol. The normalized spacial score (nSPS) is 17.1. The van der Waals surface area contributed by atoms with Crippen LogP contribution in [0.3, 0.4) is 0 Å². The molecule has 5 nitrogen and oxygen atoms in total. The van der Waals surface area contributed by atoms with Crippen molar-refractivity contribution in [3.8, 4) is 17.0 Å². The Labute approximate surface area is 123 Å². The minimum atomic E-state index is -0.141. The van der Waals surface area contributed by atoms with Crippen molar-refractivity contribution in [2.75, 3.05) is 14.2 Å². The lowest BCUT2D eigenvalue weighted by atomic mass is 10.00. The van der Waals surface area contributed by atoms with E-state index >= 15 is 0 Å². The third-order valence-electron chi connectivity index (χ3n) is 3.89. The highest BCUT2D eigenvalue weighted by Gasteiger charge is 2.26. The topological polar surface area (TPSA) is 53.4 Å². The third-order valence-corrected chi connectivity index (χ3v) is 3.89. The van der Waals surface area contributed by atoms with Crippen LogP contribution in [0.1, 0.15) is 12.2 Å². The molecule has 0 saturated carbocycles. The van der Waals surface area contributed by atoms with E-state index in [0.717, 1.165) is 35.7 Å². The molecule has 1 atom stereocenters. The van der Waals surface area contributed by atoms with Crippen LogP contribution in [0.5, 0.6) is 5.75 Å². The molecule has 21 heavy (non-hydrogen) atoms. The number of ether oxygens (including phenoxy) is 2. The molecule has 0 fully saturated rings. The molecule has 0 spiro atoms. The third kappa shape index (κ3) is 2.63. The second kappa shape index (κ2) is 5.60. The van der Waals surface area contributed by atoms with Crippen molar-refractivity contribution in [3.63, 3.8) is 0 Å². The number of imidazole rings is 1. The molecule has 0 radical (unpaired) electrons. The number of aromatic nitrogens is 2. The smallest absolute Gasteiger partial charge is 0.310 e. The van der Waals surface area contributed by atoms with Crippen molar-refractivity contribution < 1.29 is 14.3 Å². The Balaban J connectivity index is 1.87. The van der Waals surface area contributed by atoms with Gasteiger partial charge in [0.25, 0.3) is 0 Å². The van der Waals surface area contributed by atoms with Crippen LogP contribution in [-0.2, 0) is 22.5 Å². The molecule has 0 amide bonds. The molecule has 2 aromatic rings. The Hall–Kier alpha value is -2.30. The predicted octanol–water partition coefficient (Wildman–Crippen LogP) is 2.29. The fraction of sp³-hybridized carbons (Fsp3) is 0.375. The number of methoxy groups -OCH3 is 2. The Morgan fingerprint density at radius 1 is 1.38 bits per heavy atom. The van der Waals surface area contributed by atoms with Gasteiger partial charge in [-0.05, 0) is 18.6 Å². The maximum absolute atomic E-state index is 11.7. The summed E-state index contributed by atoms with van der Waals surface area (Å²) in [7, 11) is 3.09. The van der Waals surface area contributed by atoms with E-state index in [-0.39, 0.29) is 11.9 Å². The summed E-state index contributed by atoms with van der Waals surface area (Å²) in [5.74, 6) is 1.62. The number of aryl methyl sites for hydroxylation is 1. The highest BCUT2D eigenvalue weighted by molar-refractivity contribution is 5.72. The maximum atomic E-state index is 11.7. The van der Waals surface area contributed by atoms with Crippen molar-refractivity contribution in [1.29, 1.82) is 0 Å². The van der Waals surface area contributed by atoms with Gasteiger partial charge in [-0.1, -0.05) is 12.1 Å². The molecule has 1 aromatic carbocycles. The first-order valence-electron chi connectivity index (χ1n) is 6.99. The number of hydrogen-bond acceptors (Lipinski definition) is 4. The number of rotatable bonds is 3. The fourth-order valence-corrected chi connectivity index (χ4v) is 2.72. The second-order valence-electron chi connectivity index (χ2n) is 5.19. The van der Waals surface area contributed by atoms with E-state index in [1.807, 2.05) is 30.5 Å². The van der Waals surface area contributed by atoms with Crippen molar-refractivity contribution in [1.82, 2.24) is 9.55 Å². The summed E-state index contributed by atoms with van der Waals surface area (Å²) in [5.41, 5.74) is 1.93. The molecule has 1 aliphatic rings. The first-order chi connectivity index (χ1) is 10.2. The molecule has 1 unspecified atom stereocenters. The van der Waals surface area contributed by atoms with Crippen LogP contribution in [0.2, 0.25) is 0 Å². The monoisotopic (exact) mass is 286 g/mol. The largest absolute Gasteiger partial charge is 0.497 e. The van der Waals surface area contributed by atoms with Gasteiger partial charge in [0.2, 0.25) is 0 Å². The number of carbonyl (C=O) groups is 1. The number of benzene rings is 1. The number of esters is 1. The van der Waals surface area contributed by atoms with Gasteiger partial charge in [0.1, 0.15) is 11.6 Å². The quantitative estimate of drug-likeness (QED) is 0.812. The first kappa shape index (κ1) is 13.7. The van der Waals surface area contributed by atoms with Crippen LogP contribution in [-0.4, -0.2) is 29.7 Å². The molecule has 1 aromatic heterocycles. The minimum absolute atomic E-state index is 0.0742. The summed E-state index contributed by atoms with van der Waals surface area (Å²) in [6.45, 7) is 0.638. The van der Waals surface area contributed by atoms with Crippen LogP contribution < -0.4 is 4.74 Å². The van der Waals surface area contributed by atoms with Crippen molar-refractivity contribution in [2.45, 2.75) is 19.4 Å². The summed E-state index contributed by atoms with van der Waals surface area (Å²) in [6.07, 6.45) is 3.59. The van der Waals surface area contributed by atoms with Gasteiger partial charge in [0.15, 0.2) is 0 Å². The molecule has 5 heteroatoms. The zero-order valence-electron chi connectivity index (χ0n) is 12.2. The van der Waals surface area contributed by atoms with E-state index in [2.05, 4.69) is 9.55 Å². The average Bonchev–Trinajstić information content (AvgIpc) is 2.97. The zero-order valence-corrected chi connectivity index (χ0v) is 12.2. The number of hydrogen-bond donors (Lipinski definition) is 0. The molecular formula is C16H18N2O3. The van der Waals surface area contributed by atoms with E-state index in [1.165, 1.54) is 7.11 Å². The molecule has 0 N–H and O–H groups in total. The van der Waals surface area contributed by atoms with Crippen LogP contribution in [0, 0.1) is 5.92 Å². The van der Waals surface area contributed by atoms with Crippen LogP contribution in [0.4, 0.5) is 0 Å². The standard InChI is InChI=1S/C16H18N2O3/c1-20-13-5-3-4-11(8-13)14-10-18-9-12(16(19)21-2)6-7-15(18)17-14/h3-5,8,10,12H,6-7,9H2,1-2H3. The number of nitrogens with zero attached hydrogens (tertiary/aromatic N) is 2. The summed E-state index contributed by atoms with van der Waals surface area (Å²) in [5, 5.41) is 0. The van der Waals surface area contributed by atoms with Gasteiger partial charge in [0.05, 0.1) is 25.8 Å².